The number of nitrogens with zero attached hydrogens (tertiary/aromatic N) is 2. The number of para-hydroxylation sites is 2. The Morgan fingerprint density at radius 1 is 1.23 bits per heavy atom. The van der Waals surface area contributed by atoms with Gasteiger partial charge in [0.1, 0.15) is 25.0 Å². The topological polar surface area (TPSA) is 38.3 Å². The molecule has 1 atom stereocenters. The molecule has 2 aromatic carbocycles. The van der Waals surface area contributed by atoms with E-state index in [1.165, 1.54) is 11.3 Å². The monoisotopic (exact) mass is 373 g/mol. The summed E-state index contributed by atoms with van der Waals surface area (Å²) in [7, 11) is 2.08. The van der Waals surface area contributed by atoms with Gasteiger partial charge in [-0.05, 0) is 43.2 Å². The summed E-state index contributed by atoms with van der Waals surface area (Å²) in [5.41, 5.74) is 3.38. The Bertz CT molecular complexity index is 904. The summed E-state index contributed by atoms with van der Waals surface area (Å²) in [4.78, 5) is 0. The second-order valence-electron chi connectivity index (χ2n) is 6.72. The van der Waals surface area contributed by atoms with E-state index in [-0.39, 0.29) is 6.61 Å². The lowest BCUT2D eigenvalue weighted by molar-refractivity contribution is -0.654. The van der Waals surface area contributed by atoms with Gasteiger partial charge in [-0.2, -0.15) is 0 Å². The largest absolute Gasteiger partial charge is 0.489 e. The zero-order valence-corrected chi connectivity index (χ0v) is 16.3. The van der Waals surface area contributed by atoms with Crippen LogP contribution in [-0.4, -0.2) is 22.4 Å². The van der Waals surface area contributed by atoms with Crippen LogP contribution in [0.15, 0.2) is 42.5 Å². The van der Waals surface area contributed by atoms with Crippen molar-refractivity contribution in [1.29, 1.82) is 0 Å². The maximum Gasteiger partial charge on any atom is 0.257 e. The highest BCUT2D eigenvalue weighted by Crippen LogP contribution is 2.25. The third kappa shape index (κ3) is 3.87. The lowest BCUT2D eigenvalue weighted by atomic mass is 10.2. The summed E-state index contributed by atoms with van der Waals surface area (Å²) in [6, 6.07) is 13.9. The fourth-order valence-corrected chi connectivity index (χ4v) is 3.51. The summed E-state index contributed by atoms with van der Waals surface area (Å²) < 4.78 is 10.2. The van der Waals surface area contributed by atoms with Gasteiger partial charge in [-0.3, -0.25) is 0 Å². The first-order chi connectivity index (χ1) is 12.5. The van der Waals surface area contributed by atoms with E-state index in [0.717, 1.165) is 23.9 Å². The smallest absolute Gasteiger partial charge is 0.257 e. The maximum atomic E-state index is 10.6. The minimum absolute atomic E-state index is 0.199. The van der Waals surface area contributed by atoms with Crippen molar-refractivity contribution in [3.05, 3.63) is 58.9 Å². The normalized spacial score (nSPS) is 12.5. The maximum absolute atomic E-state index is 10.6. The van der Waals surface area contributed by atoms with Crippen LogP contribution in [0.25, 0.3) is 11.0 Å². The Morgan fingerprint density at radius 3 is 2.77 bits per heavy atom. The number of hydrogen-bond acceptors (Lipinski definition) is 2. The Labute approximate surface area is 159 Å². The van der Waals surface area contributed by atoms with Crippen LogP contribution < -0.4 is 9.30 Å². The third-order valence-electron chi connectivity index (χ3n) is 4.62. The number of rotatable bonds is 7. The van der Waals surface area contributed by atoms with E-state index in [2.05, 4.69) is 35.2 Å². The van der Waals surface area contributed by atoms with Crippen molar-refractivity contribution in [3.8, 4) is 5.75 Å². The molecule has 0 saturated heterocycles. The molecular formula is C21H26ClN2O2+. The minimum atomic E-state index is -0.627. The quantitative estimate of drug-likeness (QED) is 0.639. The number of hydrogen-bond donors (Lipinski definition) is 1. The van der Waals surface area contributed by atoms with Gasteiger partial charge in [0.25, 0.3) is 5.82 Å². The molecular weight excluding hydrogens is 348 g/mol. The number of benzene rings is 2. The summed E-state index contributed by atoms with van der Waals surface area (Å²) in [5.74, 6) is 1.82. The fourth-order valence-electron chi connectivity index (χ4n) is 3.34. The van der Waals surface area contributed by atoms with Crippen molar-refractivity contribution in [2.75, 3.05) is 6.61 Å². The molecule has 0 amide bonds. The fraction of sp³-hybridized carbons (Fsp3) is 0.381. The molecule has 3 aromatic rings. The van der Waals surface area contributed by atoms with Crippen LogP contribution >= 0.6 is 11.6 Å². The van der Waals surface area contributed by atoms with E-state index >= 15 is 0 Å². The molecule has 26 heavy (non-hydrogen) atoms. The van der Waals surface area contributed by atoms with Gasteiger partial charge in [0, 0.05) is 6.42 Å². The first kappa shape index (κ1) is 18.7. The Morgan fingerprint density at radius 2 is 2.00 bits per heavy atom. The molecule has 0 saturated carbocycles. The van der Waals surface area contributed by atoms with Gasteiger partial charge in [-0.25, -0.2) is 9.13 Å². The van der Waals surface area contributed by atoms with Crippen LogP contribution in [0.3, 0.4) is 0 Å². The number of imidazole rings is 1. The summed E-state index contributed by atoms with van der Waals surface area (Å²) >= 11 is 6.17. The molecule has 0 fully saturated rings. The number of halogens is 1. The van der Waals surface area contributed by atoms with Gasteiger partial charge in [0.05, 0.1) is 12.1 Å². The average Bonchev–Trinajstić information content (AvgIpc) is 2.89. The second kappa shape index (κ2) is 8.11. The summed E-state index contributed by atoms with van der Waals surface area (Å²) in [5, 5.41) is 11.1. The number of aliphatic hydroxyl groups is 1. The molecule has 0 aliphatic heterocycles. The van der Waals surface area contributed by atoms with Crippen LogP contribution in [0.2, 0.25) is 5.02 Å². The Kier molecular flexibility index (Phi) is 5.84. The number of fused-ring (bicyclic) bond motifs is 1. The predicted molar refractivity (Wildman–Crippen MR) is 105 cm³/mol. The Hall–Kier alpha value is -2.04. The predicted octanol–water partition coefficient (Wildman–Crippen LogP) is 3.82. The lowest BCUT2D eigenvalue weighted by Gasteiger charge is -2.13. The average molecular weight is 374 g/mol. The van der Waals surface area contributed by atoms with Gasteiger partial charge in [-0.1, -0.05) is 36.7 Å². The van der Waals surface area contributed by atoms with E-state index in [4.69, 9.17) is 16.3 Å². The van der Waals surface area contributed by atoms with Crippen LogP contribution in [0.1, 0.15) is 24.7 Å². The van der Waals surface area contributed by atoms with Crippen molar-refractivity contribution >= 4 is 22.6 Å². The second-order valence-corrected chi connectivity index (χ2v) is 7.13. The van der Waals surface area contributed by atoms with Crippen molar-refractivity contribution in [2.45, 2.75) is 39.3 Å². The zero-order chi connectivity index (χ0) is 18.7. The van der Waals surface area contributed by atoms with Crippen molar-refractivity contribution in [2.24, 2.45) is 7.05 Å². The highest BCUT2D eigenvalue weighted by atomic mass is 35.5. The van der Waals surface area contributed by atoms with E-state index in [9.17, 15) is 5.11 Å². The van der Waals surface area contributed by atoms with Crippen molar-refractivity contribution < 1.29 is 14.4 Å². The minimum Gasteiger partial charge on any atom is -0.489 e. The molecule has 4 nitrogen and oxygen atoms in total. The zero-order valence-electron chi connectivity index (χ0n) is 15.6. The van der Waals surface area contributed by atoms with E-state index in [1.54, 1.807) is 0 Å². The van der Waals surface area contributed by atoms with Gasteiger partial charge >= 0.3 is 0 Å². The molecule has 0 spiro atoms. The number of ether oxygens (including phenoxy) is 1. The number of aromatic nitrogens is 2. The van der Waals surface area contributed by atoms with Gasteiger partial charge in [0.15, 0.2) is 11.0 Å². The summed E-state index contributed by atoms with van der Waals surface area (Å²) in [6.07, 6.45) is 1.39. The lowest BCUT2D eigenvalue weighted by Crippen LogP contribution is -2.34. The van der Waals surface area contributed by atoms with Crippen LogP contribution in [0, 0.1) is 6.92 Å². The van der Waals surface area contributed by atoms with Crippen LogP contribution in [-0.2, 0) is 20.0 Å². The summed E-state index contributed by atoms with van der Waals surface area (Å²) in [6.45, 7) is 4.84. The number of aryl methyl sites for hydroxylation is 2. The molecule has 1 N–H and O–H groups in total. The van der Waals surface area contributed by atoms with Crippen LogP contribution in [0.5, 0.6) is 5.75 Å². The molecule has 138 valence electrons. The molecule has 1 heterocycles. The highest BCUT2D eigenvalue weighted by molar-refractivity contribution is 6.32. The molecule has 0 aliphatic carbocycles. The molecule has 5 heteroatoms. The number of aliphatic hydroxyl groups excluding tert-OH is 1. The van der Waals surface area contributed by atoms with E-state index in [0.29, 0.717) is 17.3 Å². The van der Waals surface area contributed by atoms with Gasteiger partial charge in [-0.15, -0.1) is 0 Å². The Balaban J connectivity index is 1.79. The first-order valence-corrected chi connectivity index (χ1v) is 9.42. The first-order valence-electron chi connectivity index (χ1n) is 9.04. The standard InChI is InChI=1S/C21H26ClN2O2/c1-4-7-21-23(3)18-8-5-6-9-19(18)24(21)13-16(25)14-26-20-12-15(2)10-11-17(20)22/h5-6,8-12,16,25H,4,7,13-14H2,1-3H3/q+1/t16-/m0/s1. The van der Waals surface area contributed by atoms with Crippen molar-refractivity contribution in [1.82, 2.24) is 4.57 Å². The molecule has 0 bridgehead atoms. The van der Waals surface area contributed by atoms with Crippen LogP contribution in [0.4, 0.5) is 0 Å². The van der Waals surface area contributed by atoms with E-state index < -0.39 is 6.10 Å². The molecule has 1 aromatic heterocycles. The van der Waals surface area contributed by atoms with Crippen molar-refractivity contribution in [3.63, 3.8) is 0 Å². The molecule has 0 unspecified atom stereocenters. The SMILES string of the molecule is CCCc1n(C[C@H](O)COc2cc(C)ccc2Cl)c2ccccc2[n+]1C. The molecule has 0 radical (unpaired) electrons. The molecule has 0 aliphatic rings. The van der Waals surface area contributed by atoms with Gasteiger partial charge in [0.2, 0.25) is 0 Å². The molecule has 3 rings (SSSR count). The van der Waals surface area contributed by atoms with Gasteiger partial charge < -0.3 is 9.84 Å². The third-order valence-corrected chi connectivity index (χ3v) is 4.93. The van der Waals surface area contributed by atoms with E-state index in [1.807, 2.05) is 37.3 Å². The highest BCUT2D eigenvalue weighted by Gasteiger charge is 2.24.